The van der Waals surface area contributed by atoms with Gasteiger partial charge >= 0.3 is 0 Å². The van der Waals surface area contributed by atoms with Gasteiger partial charge in [-0.25, -0.2) is 0 Å². The molecule has 0 bridgehead atoms. The van der Waals surface area contributed by atoms with Crippen molar-refractivity contribution in [3.63, 3.8) is 0 Å². The van der Waals surface area contributed by atoms with Gasteiger partial charge in [0.15, 0.2) is 0 Å². The van der Waals surface area contributed by atoms with Crippen LogP contribution in [0, 0.1) is 0 Å². The van der Waals surface area contributed by atoms with Crippen LogP contribution in [0.4, 0.5) is 0 Å². The average Bonchev–Trinajstić information content (AvgIpc) is 2.71. The number of ether oxygens (including phenoxy) is 2. The minimum atomic E-state index is 0.800. The first-order chi connectivity index (χ1) is 7.35. The summed E-state index contributed by atoms with van der Waals surface area (Å²) in [6.07, 6.45) is 2.01. The predicted octanol–water partition coefficient (Wildman–Crippen LogP) is 1.39. The lowest BCUT2D eigenvalue weighted by atomic mass is 10.0. The second kappa shape index (κ2) is 4.53. The van der Waals surface area contributed by atoms with Crippen LogP contribution in [-0.2, 0) is 12.8 Å². The van der Waals surface area contributed by atoms with Crippen LogP contribution < -0.4 is 14.8 Å². The standard InChI is InChI=1S/C12H17NO2/c1-13-5-3-9-7-10-4-6-15-12(10)8-11(9)14-2/h7-8,13H,3-6H2,1-2H3. The zero-order valence-corrected chi connectivity index (χ0v) is 9.30. The van der Waals surface area contributed by atoms with E-state index in [0.717, 1.165) is 37.5 Å². The maximum atomic E-state index is 5.50. The van der Waals surface area contributed by atoms with Crippen LogP contribution in [0.2, 0.25) is 0 Å². The molecule has 0 aromatic heterocycles. The third-order valence-electron chi connectivity index (χ3n) is 2.74. The summed E-state index contributed by atoms with van der Waals surface area (Å²) < 4.78 is 10.9. The van der Waals surface area contributed by atoms with Crippen LogP contribution in [0.15, 0.2) is 12.1 Å². The zero-order chi connectivity index (χ0) is 10.7. The van der Waals surface area contributed by atoms with Gasteiger partial charge in [-0.1, -0.05) is 0 Å². The van der Waals surface area contributed by atoms with E-state index in [-0.39, 0.29) is 0 Å². The molecule has 0 atom stereocenters. The summed E-state index contributed by atoms with van der Waals surface area (Å²) in [5.74, 6) is 1.92. The van der Waals surface area contributed by atoms with Gasteiger partial charge in [0.25, 0.3) is 0 Å². The highest BCUT2D eigenvalue weighted by molar-refractivity contribution is 5.48. The molecule has 1 aromatic rings. The Labute approximate surface area is 90.4 Å². The Hall–Kier alpha value is -1.22. The third-order valence-corrected chi connectivity index (χ3v) is 2.74. The van der Waals surface area contributed by atoms with Gasteiger partial charge in [-0.05, 0) is 37.2 Å². The number of hydrogen-bond acceptors (Lipinski definition) is 3. The molecule has 0 radical (unpaired) electrons. The van der Waals surface area contributed by atoms with E-state index in [9.17, 15) is 0 Å². The van der Waals surface area contributed by atoms with E-state index in [1.54, 1.807) is 7.11 Å². The van der Waals surface area contributed by atoms with Crippen molar-refractivity contribution in [1.82, 2.24) is 5.32 Å². The lowest BCUT2D eigenvalue weighted by Gasteiger charge is -2.10. The monoisotopic (exact) mass is 207 g/mol. The quantitative estimate of drug-likeness (QED) is 0.809. The van der Waals surface area contributed by atoms with Crippen molar-refractivity contribution in [2.45, 2.75) is 12.8 Å². The number of hydrogen-bond donors (Lipinski definition) is 1. The zero-order valence-electron chi connectivity index (χ0n) is 9.30. The number of methoxy groups -OCH3 is 1. The van der Waals surface area contributed by atoms with Crippen LogP contribution >= 0.6 is 0 Å². The van der Waals surface area contributed by atoms with E-state index >= 15 is 0 Å². The molecule has 1 aliphatic rings. The van der Waals surface area contributed by atoms with Gasteiger partial charge in [-0.2, -0.15) is 0 Å². The van der Waals surface area contributed by atoms with Gasteiger partial charge in [-0.3, -0.25) is 0 Å². The second-order valence-corrected chi connectivity index (χ2v) is 3.72. The molecule has 1 N–H and O–H groups in total. The van der Waals surface area contributed by atoms with Crippen LogP contribution in [-0.4, -0.2) is 27.3 Å². The van der Waals surface area contributed by atoms with E-state index in [0.29, 0.717) is 0 Å². The summed E-state index contributed by atoms with van der Waals surface area (Å²) in [4.78, 5) is 0. The summed E-state index contributed by atoms with van der Waals surface area (Å²) >= 11 is 0. The van der Waals surface area contributed by atoms with Crippen molar-refractivity contribution in [3.05, 3.63) is 23.3 Å². The topological polar surface area (TPSA) is 30.5 Å². The van der Waals surface area contributed by atoms with Gasteiger partial charge in [0.05, 0.1) is 13.7 Å². The molecule has 0 saturated heterocycles. The molecule has 0 unspecified atom stereocenters. The molecule has 0 aliphatic carbocycles. The second-order valence-electron chi connectivity index (χ2n) is 3.72. The maximum absolute atomic E-state index is 5.50. The molecule has 1 aliphatic heterocycles. The highest BCUT2D eigenvalue weighted by Gasteiger charge is 2.15. The predicted molar refractivity (Wildman–Crippen MR) is 59.8 cm³/mol. The Balaban J connectivity index is 2.27. The van der Waals surface area contributed by atoms with Crippen molar-refractivity contribution in [1.29, 1.82) is 0 Å². The Morgan fingerprint density at radius 2 is 2.33 bits per heavy atom. The highest BCUT2D eigenvalue weighted by Crippen LogP contribution is 2.32. The third kappa shape index (κ3) is 2.07. The summed E-state index contributed by atoms with van der Waals surface area (Å²) in [5.41, 5.74) is 2.57. The Kier molecular flexibility index (Phi) is 3.11. The molecular weight excluding hydrogens is 190 g/mol. The van der Waals surface area contributed by atoms with E-state index < -0.39 is 0 Å². The fourth-order valence-corrected chi connectivity index (χ4v) is 1.90. The molecule has 3 heteroatoms. The molecular formula is C12H17NO2. The molecule has 0 saturated carbocycles. The van der Waals surface area contributed by atoms with Crippen LogP contribution in [0.25, 0.3) is 0 Å². The average molecular weight is 207 g/mol. The van der Waals surface area contributed by atoms with E-state index in [2.05, 4.69) is 11.4 Å². The van der Waals surface area contributed by atoms with Gasteiger partial charge in [0.2, 0.25) is 0 Å². The molecule has 0 amide bonds. The number of benzene rings is 1. The van der Waals surface area contributed by atoms with Gasteiger partial charge in [-0.15, -0.1) is 0 Å². The van der Waals surface area contributed by atoms with Crippen molar-refractivity contribution >= 4 is 0 Å². The first-order valence-corrected chi connectivity index (χ1v) is 5.32. The highest BCUT2D eigenvalue weighted by atomic mass is 16.5. The number of fused-ring (bicyclic) bond motifs is 1. The molecule has 82 valence electrons. The number of likely N-dealkylation sites (N-methyl/N-ethyl adjacent to an activating group) is 1. The van der Waals surface area contributed by atoms with Gasteiger partial charge < -0.3 is 14.8 Å². The first-order valence-electron chi connectivity index (χ1n) is 5.32. The van der Waals surface area contributed by atoms with Crippen LogP contribution in [0.5, 0.6) is 11.5 Å². The summed E-state index contributed by atoms with van der Waals surface area (Å²) in [7, 11) is 3.67. The number of rotatable bonds is 4. The van der Waals surface area contributed by atoms with Gasteiger partial charge in [0, 0.05) is 12.5 Å². The maximum Gasteiger partial charge on any atom is 0.126 e. The Morgan fingerprint density at radius 1 is 1.47 bits per heavy atom. The summed E-state index contributed by atoms with van der Waals surface area (Å²) in [5, 5.41) is 3.15. The van der Waals surface area contributed by atoms with E-state index in [4.69, 9.17) is 9.47 Å². The number of nitrogens with one attached hydrogen (secondary N) is 1. The molecule has 1 heterocycles. The summed E-state index contributed by atoms with van der Waals surface area (Å²) in [6, 6.07) is 4.21. The molecule has 1 aromatic carbocycles. The van der Waals surface area contributed by atoms with Crippen molar-refractivity contribution < 1.29 is 9.47 Å². The molecule has 0 fully saturated rings. The minimum absolute atomic E-state index is 0.800. The smallest absolute Gasteiger partial charge is 0.126 e. The molecule has 15 heavy (non-hydrogen) atoms. The summed E-state index contributed by atoms with van der Waals surface area (Å²) in [6.45, 7) is 1.77. The van der Waals surface area contributed by atoms with Crippen molar-refractivity contribution in [3.8, 4) is 11.5 Å². The van der Waals surface area contributed by atoms with Crippen molar-refractivity contribution in [2.75, 3.05) is 27.3 Å². The Bertz CT molecular complexity index is 350. The lowest BCUT2D eigenvalue weighted by Crippen LogP contribution is -2.11. The molecule has 0 spiro atoms. The van der Waals surface area contributed by atoms with E-state index in [1.807, 2.05) is 13.1 Å². The normalized spacial score (nSPS) is 13.5. The fraction of sp³-hybridized carbons (Fsp3) is 0.500. The van der Waals surface area contributed by atoms with Gasteiger partial charge in [0.1, 0.15) is 11.5 Å². The first kappa shape index (κ1) is 10.3. The molecule has 2 rings (SSSR count). The Morgan fingerprint density at radius 3 is 3.07 bits per heavy atom. The largest absolute Gasteiger partial charge is 0.496 e. The molecule has 3 nitrogen and oxygen atoms in total. The minimum Gasteiger partial charge on any atom is -0.496 e. The lowest BCUT2D eigenvalue weighted by molar-refractivity contribution is 0.352. The van der Waals surface area contributed by atoms with E-state index in [1.165, 1.54) is 11.1 Å². The fourth-order valence-electron chi connectivity index (χ4n) is 1.90. The van der Waals surface area contributed by atoms with Crippen LogP contribution in [0.1, 0.15) is 11.1 Å². The van der Waals surface area contributed by atoms with Crippen molar-refractivity contribution in [2.24, 2.45) is 0 Å². The van der Waals surface area contributed by atoms with Crippen LogP contribution in [0.3, 0.4) is 0 Å². The SMILES string of the molecule is CNCCc1cc2c(cc1OC)OCC2.